The van der Waals surface area contributed by atoms with E-state index in [4.69, 9.17) is 9.97 Å². The van der Waals surface area contributed by atoms with Crippen LogP contribution in [0.1, 0.15) is 24.7 Å². The normalized spacial score (nSPS) is 22.1. The molecule has 4 N–H and O–H groups in total. The number of rotatable bonds is 5. The molecule has 8 heteroatoms. The van der Waals surface area contributed by atoms with Gasteiger partial charge in [-0.15, -0.1) is 0 Å². The van der Waals surface area contributed by atoms with Gasteiger partial charge in [0, 0.05) is 28.7 Å². The van der Waals surface area contributed by atoms with Gasteiger partial charge in [-0.1, -0.05) is 31.2 Å². The van der Waals surface area contributed by atoms with E-state index in [1.54, 1.807) is 6.20 Å². The standard InChI is InChI=1S/C26H28N6O2/c1-14-10-22(24(34)23(14)33)31-25-19(21-9-8-17-6-4-5-7-20(17)30-21)13-27-26(32-25)29-18-11-15(2)28-16(3)12-18/h4-9,11-14,22-24,33-34H,10H2,1-3H3,(H2,27,28,29,31,32)/t14-,22+,23+,24-/m0/s1. The summed E-state index contributed by atoms with van der Waals surface area (Å²) in [6.45, 7) is 5.81. The molecule has 3 heterocycles. The molecule has 4 aromatic rings. The summed E-state index contributed by atoms with van der Waals surface area (Å²) in [6.07, 6.45) is 0.700. The minimum absolute atomic E-state index is 0.0167. The maximum Gasteiger partial charge on any atom is 0.229 e. The lowest BCUT2D eigenvalue weighted by Gasteiger charge is -2.21. The first-order chi connectivity index (χ1) is 16.4. The van der Waals surface area contributed by atoms with E-state index in [0.717, 1.165) is 39.2 Å². The molecule has 1 aromatic carbocycles. The molecule has 0 aliphatic heterocycles. The third-order valence-corrected chi connectivity index (χ3v) is 6.29. The van der Waals surface area contributed by atoms with Gasteiger partial charge < -0.3 is 20.8 Å². The zero-order valence-electron chi connectivity index (χ0n) is 19.4. The van der Waals surface area contributed by atoms with Crippen molar-refractivity contribution < 1.29 is 10.2 Å². The van der Waals surface area contributed by atoms with Crippen molar-refractivity contribution in [2.45, 2.75) is 45.4 Å². The van der Waals surface area contributed by atoms with Gasteiger partial charge in [0.25, 0.3) is 0 Å². The Kier molecular flexibility index (Phi) is 5.85. The Labute approximate surface area is 198 Å². The molecule has 0 unspecified atom stereocenters. The number of hydrogen-bond acceptors (Lipinski definition) is 8. The topological polar surface area (TPSA) is 116 Å². The van der Waals surface area contributed by atoms with Crippen molar-refractivity contribution in [3.8, 4) is 11.3 Å². The van der Waals surface area contributed by atoms with Crippen molar-refractivity contribution in [1.29, 1.82) is 0 Å². The molecule has 0 amide bonds. The lowest BCUT2D eigenvalue weighted by Crippen LogP contribution is -2.35. The number of aromatic nitrogens is 4. The van der Waals surface area contributed by atoms with Crippen LogP contribution in [0.4, 0.5) is 17.5 Å². The highest BCUT2D eigenvalue weighted by atomic mass is 16.3. The van der Waals surface area contributed by atoms with Gasteiger partial charge in [-0.2, -0.15) is 4.98 Å². The highest BCUT2D eigenvalue weighted by Gasteiger charge is 2.39. The van der Waals surface area contributed by atoms with Gasteiger partial charge in [0.15, 0.2) is 0 Å². The number of nitrogens with one attached hydrogen (secondary N) is 2. The van der Waals surface area contributed by atoms with Crippen molar-refractivity contribution in [2.75, 3.05) is 10.6 Å². The van der Waals surface area contributed by atoms with Gasteiger partial charge in [0.2, 0.25) is 5.95 Å². The van der Waals surface area contributed by atoms with Crippen molar-refractivity contribution in [3.05, 3.63) is 66.1 Å². The summed E-state index contributed by atoms with van der Waals surface area (Å²) in [6, 6.07) is 15.4. The van der Waals surface area contributed by atoms with Gasteiger partial charge in [0.05, 0.1) is 28.9 Å². The van der Waals surface area contributed by atoms with Gasteiger partial charge in [-0.25, -0.2) is 9.97 Å². The zero-order chi connectivity index (χ0) is 23.8. The summed E-state index contributed by atoms with van der Waals surface area (Å²) < 4.78 is 0. The van der Waals surface area contributed by atoms with Gasteiger partial charge in [-0.3, -0.25) is 4.98 Å². The van der Waals surface area contributed by atoms with Crippen LogP contribution in [0.15, 0.2) is 54.7 Å². The van der Waals surface area contributed by atoms with Gasteiger partial charge in [-0.05, 0) is 50.5 Å². The van der Waals surface area contributed by atoms with E-state index in [-0.39, 0.29) is 12.0 Å². The maximum absolute atomic E-state index is 10.6. The van der Waals surface area contributed by atoms with E-state index < -0.39 is 12.2 Å². The smallest absolute Gasteiger partial charge is 0.229 e. The second-order valence-corrected chi connectivity index (χ2v) is 9.05. The van der Waals surface area contributed by atoms with Crippen molar-refractivity contribution in [2.24, 2.45) is 5.92 Å². The fourth-order valence-corrected chi connectivity index (χ4v) is 4.57. The van der Waals surface area contributed by atoms with Crippen LogP contribution >= 0.6 is 0 Å². The third-order valence-electron chi connectivity index (χ3n) is 6.29. The molecule has 34 heavy (non-hydrogen) atoms. The van der Waals surface area contributed by atoms with Gasteiger partial charge in [0.1, 0.15) is 11.9 Å². The fourth-order valence-electron chi connectivity index (χ4n) is 4.57. The largest absolute Gasteiger partial charge is 0.390 e. The number of anilines is 3. The summed E-state index contributed by atoms with van der Waals surface area (Å²) >= 11 is 0. The van der Waals surface area contributed by atoms with Crippen molar-refractivity contribution in [3.63, 3.8) is 0 Å². The average Bonchev–Trinajstić information content (AvgIpc) is 3.05. The molecule has 1 saturated carbocycles. The molecule has 8 nitrogen and oxygen atoms in total. The number of aliphatic hydroxyl groups is 2. The maximum atomic E-state index is 10.6. The minimum Gasteiger partial charge on any atom is -0.390 e. The Morgan fingerprint density at radius 3 is 2.41 bits per heavy atom. The van der Waals surface area contributed by atoms with Crippen LogP contribution < -0.4 is 10.6 Å². The summed E-state index contributed by atoms with van der Waals surface area (Å²) in [4.78, 5) is 18.5. The Bertz CT molecular complexity index is 1320. The Morgan fingerprint density at radius 2 is 1.68 bits per heavy atom. The zero-order valence-corrected chi connectivity index (χ0v) is 19.4. The average molecular weight is 457 g/mol. The number of para-hydroxylation sites is 1. The number of aliphatic hydroxyl groups excluding tert-OH is 2. The molecule has 0 saturated heterocycles. The van der Waals surface area contributed by atoms with Crippen molar-refractivity contribution in [1.82, 2.24) is 19.9 Å². The molecule has 0 bridgehead atoms. The number of pyridine rings is 2. The molecule has 1 fully saturated rings. The number of fused-ring (bicyclic) bond motifs is 1. The molecule has 4 atom stereocenters. The summed E-state index contributed by atoms with van der Waals surface area (Å²) in [5.74, 6) is 0.947. The third kappa shape index (κ3) is 4.42. The Hall–Kier alpha value is -3.62. The van der Waals surface area contributed by atoms with E-state index >= 15 is 0 Å². The van der Waals surface area contributed by atoms with Crippen LogP contribution in [0.25, 0.3) is 22.2 Å². The molecular weight excluding hydrogens is 428 g/mol. The predicted molar refractivity (Wildman–Crippen MR) is 133 cm³/mol. The van der Waals surface area contributed by atoms with E-state index in [1.807, 2.05) is 69.3 Å². The van der Waals surface area contributed by atoms with Crippen LogP contribution in [0.2, 0.25) is 0 Å². The van der Waals surface area contributed by atoms with E-state index in [1.165, 1.54) is 0 Å². The minimum atomic E-state index is -0.885. The molecule has 3 aromatic heterocycles. The Morgan fingerprint density at radius 1 is 0.912 bits per heavy atom. The number of benzene rings is 1. The molecule has 1 aliphatic carbocycles. The first kappa shape index (κ1) is 22.2. The van der Waals surface area contributed by atoms with Crippen LogP contribution in [0, 0.1) is 19.8 Å². The van der Waals surface area contributed by atoms with E-state index in [2.05, 4.69) is 20.6 Å². The summed E-state index contributed by atoms with van der Waals surface area (Å²) in [7, 11) is 0. The van der Waals surface area contributed by atoms with Crippen LogP contribution in [0.3, 0.4) is 0 Å². The fraction of sp³-hybridized carbons (Fsp3) is 0.308. The first-order valence-corrected chi connectivity index (χ1v) is 11.5. The molecule has 0 spiro atoms. The summed E-state index contributed by atoms with van der Waals surface area (Å²) in [5.41, 5.74) is 4.96. The number of nitrogens with zero attached hydrogens (tertiary/aromatic N) is 4. The van der Waals surface area contributed by atoms with Crippen LogP contribution in [-0.2, 0) is 0 Å². The predicted octanol–water partition coefficient (Wildman–Crippen LogP) is 3.99. The lowest BCUT2D eigenvalue weighted by molar-refractivity contribution is 0.0210. The highest BCUT2D eigenvalue weighted by molar-refractivity contribution is 5.83. The van der Waals surface area contributed by atoms with Crippen molar-refractivity contribution >= 4 is 28.4 Å². The number of aryl methyl sites for hydroxylation is 2. The first-order valence-electron chi connectivity index (χ1n) is 11.5. The van der Waals surface area contributed by atoms with E-state index in [9.17, 15) is 10.2 Å². The second-order valence-electron chi connectivity index (χ2n) is 9.05. The van der Waals surface area contributed by atoms with Gasteiger partial charge >= 0.3 is 0 Å². The second kappa shape index (κ2) is 8.96. The monoisotopic (exact) mass is 456 g/mol. The van der Waals surface area contributed by atoms with E-state index in [0.29, 0.717) is 18.2 Å². The highest BCUT2D eigenvalue weighted by Crippen LogP contribution is 2.33. The lowest BCUT2D eigenvalue weighted by atomic mass is 10.1. The quantitative estimate of drug-likeness (QED) is 0.356. The molecule has 174 valence electrons. The summed E-state index contributed by atoms with van der Waals surface area (Å²) in [5, 5.41) is 28.5. The van der Waals surface area contributed by atoms with Crippen LogP contribution in [-0.4, -0.2) is 48.4 Å². The van der Waals surface area contributed by atoms with Crippen LogP contribution in [0.5, 0.6) is 0 Å². The molecule has 5 rings (SSSR count). The number of hydrogen-bond donors (Lipinski definition) is 4. The Balaban J connectivity index is 1.54. The molecular formula is C26H28N6O2. The SMILES string of the molecule is Cc1cc(Nc2ncc(-c3ccc4ccccc4n3)c(N[C@@H]3C[C@H](C)[C@@H](O)[C@H]3O)n2)cc(C)n1. The molecule has 1 aliphatic rings. The molecule has 0 radical (unpaired) electrons.